The first-order valence-electron chi connectivity index (χ1n) is 9.26. The third-order valence-electron chi connectivity index (χ3n) is 4.95. The van der Waals surface area contributed by atoms with Crippen molar-refractivity contribution >= 4 is 40.9 Å². The monoisotopic (exact) mass is 445 g/mol. The molecule has 2 amide bonds. The van der Waals surface area contributed by atoms with Gasteiger partial charge in [-0.25, -0.2) is 4.57 Å². The van der Waals surface area contributed by atoms with Crippen LogP contribution in [0.25, 0.3) is 0 Å². The standard InChI is InChI=1S/C20H19N3O5S2/c24-10-12-3-1-5-22(8-12)9-13-11-30-19-16(18(26)23(19)17(13)20(27)28)21-15(25)7-14-4-2-6-29-14/h1-6,8,16,19,24H,7,9-11H2,(H-,21,25,27,28)/t16?,19-/m1/s1. The Morgan fingerprint density at radius 3 is 2.87 bits per heavy atom. The fourth-order valence-corrected chi connectivity index (χ4v) is 5.62. The van der Waals surface area contributed by atoms with E-state index in [1.807, 2.05) is 17.5 Å². The lowest BCUT2D eigenvalue weighted by molar-refractivity contribution is -0.689. The van der Waals surface area contributed by atoms with Gasteiger partial charge in [-0.3, -0.25) is 14.5 Å². The Kier molecular flexibility index (Phi) is 5.89. The van der Waals surface area contributed by atoms with Crippen LogP contribution in [0.4, 0.5) is 0 Å². The van der Waals surface area contributed by atoms with E-state index in [1.165, 1.54) is 28.0 Å². The second-order valence-electron chi connectivity index (χ2n) is 6.99. The number of carboxylic acids is 1. The van der Waals surface area contributed by atoms with Gasteiger partial charge in [-0.1, -0.05) is 6.07 Å². The summed E-state index contributed by atoms with van der Waals surface area (Å²) in [5.41, 5.74) is 1.12. The van der Waals surface area contributed by atoms with Crippen molar-refractivity contribution in [3.8, 4) is 0 Å². The third kappa shape index (κ3) is 3.98. The minimum Gasteiger partial charge on any atom is -0.543 e. The molecule has 0 radical (unpaired) electrons. The quantitative estimate of drug-likeness (QED) is 0.425. The highest BCUT2D eigenvalue weighted by atomic mass is 32.2. The molecule has 1 saturated heterocycles. The van der Waals surface area contributed by atoms with Crippen molar-refractivity contribution < 1.29 is 29.2 Å². The van der Waals surface area contributed by atoms with Crippen LogP contribution >= 0.6 is 23.1 Å². The predicted octanol–water partition coefficient (Wildman–Crippen LogP) is -0.825. The Morgan fingerprint density at radius 2 is 2.17 bits per heavy atom. The number of nitrogens with zero attached hydrogens (tertiary/aromatic N) is 2. The van der Waals surface area contributed by atoms with Crippen LogP contribution in [-0.4, -0.2) is 45.0 Å². The number of fused-ring (bicyclic) bond motifs is 1. The van der Waals surface area contributed by atoms with Crippen LogP contribution in [0.15, 0.2) is 53.3 Å². The summed E-state index contributed by atoms with van der Waals surface area (Å²) in [6, 6.07) is 6.48. The summed E-state index contributed by atoms with van der Waals surface area (Å²) in [4.78, 5) is 38.9. The zero-order valence-corrected chi connectivity index (χ0v) is 17.4. The molecule has 10 heteroatoms. The van der Waals surface area contributed by atoms with E-state index < -0.39 is 23.3 Å². The van der Waals surface area contributed by atoms with Gasteiger partial charge < -0.3 is 20.3 Å². The summed E-state index contributed by atoms with van der Waals surface area (Å²) < 4.78 is 1.76. The molecule has 0 saturated carbocycles. The van der Waals surface area contributed by atoms with Crippen molar-refractivity contribution in [3.63, 3.8) is 0 Å². The number of β-lactam (4-membered cyclic amide) rings is 1. The molecule has 2 aromatic rings. The number of aromatic nitrogens is 1. The van der Waals surface area contributed by atoms with Gasteiger partial charge in [0.1, 0.15) is 11.4 Å². The van der Waals surface area contributed by atoms with E-state index in [4.69, 9.17) is 0 Å². The number of amides is 2. The molecule has 156 valence electrons. The van der Waals surface area contributed by atoms with Crippen LogP contribution in [0.5, 0.6) is 0 Å². The van der Waals surface area contributed by atoms with Gasteiger partial charge in [-0.2, -0.15) is 0 Å². The van der Waals surface area contributed by atoms with E-state index in [2.05, 4.69) is 5.32 Å². The molecule has 0 aromatic carbocycles. The molecule has 2 aromatic heterocycles. The average Bonchev–Trinajstić information content (AvgIpc) is 3.24. The molecule has 2 aliphatic heterocycles. The molecule has 0 bridgehead atoms. The minimum atomic E-state index is -1.41. The van der Waals surface area contributed by atoms with Gasteiger partial charge in [0.25, 0.3) is 5.91 Å². The molecule has 2 atom stereocenters. The summed E-state index contributed by atoms with van der Waals surface area (Å²) in [6.07, 6.45) is 3.68. The number of nitrogens with one attached hydrogen (secondary N) is 1. The van der Waals surface area contributed by atoms with Crippen molar-refractivity contribution in [3.05, 3.63) is 63.7 Å². The largest absolute Gasteiger partial charge is 0.543 e. The van der Waals surface area contributed by atoms with E-state index >= 15 is 0 Å². The van der Waals surface area contributed by atoms with Crippen LogP contribution in [0.1, 0.15) is 10.4 Å². The van der Waals surface area contributed by atoms with Crippen molar-refractivity contribution in [2.24, 2.45) is 0 Å². The zero-order chi connectivity index (χ0) is 21.3. The van der Waals surface area contributed by atoms with E-state index in [0.29, 0.717) is 16.9 Å². The number of pyridine rings is 1. The number of hydrogen-bond acceptors (Lipinski definition) is 7. The number of carbonyl (C=O) groups excluding carboxylic acids is 3. The first-order valence-corrected chi connectivity index (χ1v) is 11.2. The van der Waals surface area contributed by atoms with Gasteiger partial charge >= 0.3 is 0 Å². The number of aliphatic hydroxyl groups excluding tert-OH is 1. The number of hydrogen-bond donors (Lipinski definition) is 2. The molecule has 1 fully saturated rings. The Bertz CT molecular complexity index is 1020. The summed E-state index contributed by atoms with van der Waals surface area (Å²) in [6.45, 7) is 0.136. The second kappa shape index (κ2) is 8.58. The van der Waals surface area contributed by atoms with Crippen LogP contribution in [0.2, 0.25) is 0 Å². The van der Waals surface area contributed by atoms with Crippen molar-refractivity contribution in [1.29, 1.82) is 0 Å². The number of thioether (sulfide) groups is 1. The predicted molar refractivity (Wildman–Crippen MR) is 108 cm³/mol. The summed E-state index contributed by atoms with van der Waals surface area (Å²) >= 11 is 2.88. The van der Waals surface area contributed by atoms with Crippen molar-refractivity contribution in [2.45, 2.75) is 31.0 Å². The minimum absolute atomic E-state index is 0.123. The van der Waals surface area contributed by atoms with Gasteiger partial charge in [0.05, 0.1) is 24.7 Å². The van der Waals surface area contributed by atoms with Crippen LogP contribution in [-0.2, 0) is 34.0 Å². The highest BCUT2D eigenvalue weighted by molar-refractivity contribution is 8.00. The second-order valence-corrected chi connectivity index (χ2v) is 9.13. The van der Waals surface area contributed by atoms with Gasteiger partial charge in [-0.05, 0) is 17.5 Å². The molecule has 4 heterocycles. The molecule has 2 N–H and O–H groups in total. The van der Waals surface area contributed by atoms with E-state index in [1.54, 1.807) is 29.1 Å². The molecule has 1 unspecified atom stereocenters. The first-order chi connectivity index (χ1) is 14.5. The average molecular weight is 446 g/mol. The Balaban J connectivity index is 1.50. The molecule has 0 aliphatic carbocycles. The third-order valence-corrected chi connectivity index (χ3v) is 7.16. The summed E-state index contributed by atoms with van der Waals surface area (Å²) in [7, 11) is 0. The Hall–Kier alpha value is -2.69. The van der Waals surface area contributed by atoms with E-state index in [9.17, 15) is 24.6 Å². The van der Waals surface area contributed by atoms with Gasteiger partial charge in [-0.15, -0.1) is 23.1 Å². The highest BCUT2D eigenvalue weighted by Gasteiger charge is 2.53. The lowest BCUT2D eigenvalue weighted by Crippen LogP contribution is -2.71. The number of carboxylic acid groups (broad SMARTS) is 1. The molecular formula is C20H19N3O5S2. The summed E-state index contributed by atoms with van der Waals surface area (Å²) in [5, 5.41) is 25.3. The van der Waals surface area contributed by atoms with Gasteiger partial charge in [0, 0.05) is 27.8 Å². The molecule has 4 rings (SSSR count). The van der Waals surface area contributed by atoms with Crippen LogP contribution < -0.4 is 15.0 Å². The lowest BCUT2D eigenvalue weighted by atomic mass is 10.0. The van der Waals surface area contributed by atoms with Crippen molar-refractivity contribution in [1.82, 2.24) is 10.2 Å². The lowest BCUT2D eigenvalue weighted by Gasteiger charge is -2.50. The summed E-state index contributed by atoms with van der Waals surface area (Å²) in [5.74, 6) is -1.73. The topological polar surface area (TPSA) is 114 Å². The molecule has 2 aliphatic rings. The molecule has 30 heavy (non-hydrogen) atoms. The fraction of sp³-hybridized carbons (Fsp3) is 0.300. The van der Waals surface area contributed by atoms with Crippen LogP contribution in [0, 0.1) is 0 Å². The van der Waals surface area contributed by atoms with Gasteiger partial charge in [0.2, 0.25) is 5.91 Å². The smallest absolute Gasteiger partial charge is 0.253 e. The normalized spacial score (nSPS) is 20.6. The zero-order valence-electron chi connectivity index (χ0n) is 15.8. The van der Waals surface area contributed by atoms with E-state index in [-0.39, 0.29) is 31.2 Å². The number of aliphatic hydroxyl groups is 1. The maximum atomic E-state index is 12.7. The maximum absolute atomic E-state index is 12.7. The number of thiophene rings is 1. The first kappa shape index (κ1) is 20.6. The maximum Gasteiger partial charge on any atom is 0.253 e. The number of carbonyl (C=O) groups is 3. The molecule has 0 spiro atoms. The molecule has 8 nitrogen and oxygen atoms in total. The Morgan fingerprint density at radius 1 is 1.33 bits per heavy atom. The highest BCUT2D eigenvalue weighted by Crippen LogP contribution is 2.40. The number of aliphatic carboxylic acids is 1. The molecular weight excluding hydrogens is 426 g/mol. The van der Waals surface area contributed by atoms with E-state index in [0.717, 1.165) is 4.88 Å². The Labute approximate surface area is 180 Å². The van der Waals surface area contributed by atoms with Crippen molar-refractivity contribution in [2.75, 3.05) is 5.75 Å². The number of rotatable bonds is 7. The van der Waals surface area contributed by atoms with Crippen LogP contribution in [0.3, 0.4) is 0 Å². The SMILES string of the molecule is O=C(Cc1cccs1)NC1C(=O)N2C(C(=O)[O-])=C(C[n+]3cccc(CO)c3)CS[C@H]12. The fourth-order valence-electron chi connectivity index (χ4n) is 3.58. The van der Waals surface area contributed by atoms with Gasteiger partial charge in [0.15, 0.2) is 18.9 Å².